The molecule has 0 aliphatic rings. The Labute approximate surface area is 192 Å². The maximum atomic E-state index is 12.5. The molecule has 3 aromatic rings. The fourth-order valence-electron chi connectivity index (χ4n) is 3.34. The van der Waals surface area contributed by atoms with Crippen LogP contribution in [0.3, 0.4) is 0 Å². The first-order chi connectivity index (χ1) is 15.1. The first kappa shape index (κ1) is 23.5. The Bertz CT molecular complexity index is 1250. The van der Waals surface area contributed by atoms with E-state index in [0.717, 1.165) is 33.1 Å². The third kappa shape index (κ3) is 5.17. The lowest BCUT2D eigenvalue weighted by Crippen LogP contribution is -2.39. The maximum absolute atomic E-state index is 12.5. The van der Waals surface area contributed by atoms with Gasteiger partial charge in [-0.05, 0) is 44.0 Å². The minimum Gasteiger partial charge on any atom is -0.271 e. The van der Waals surface area contributed by atoms with Crippen molar-refractivity contribution in [2.45, 2.75) is 20.8 Å². The van der Waals surface area contributed by atoms with Crippen LogP contribution in [-0.2, 0) is 14.8 Å². The highest BCUT2D eigenvalue weighted by molar-refractivity contribution is 7.92. The van der Waals surface area contributed by atoms with Gasteiger partial charge >= 0.3 is 0 Å². The van der Waals surface area contributed by atoms with Crippen LogP contribution in [0.25, 0.3) is 5.69 Å². The normalized spacial score (nSPS) is 11.7. The summed E-state index contributed by atoms with van der Waals surface area (Å²) in [4.78, 5) is 12.5. The Morgan fingerprint density at radius 1 is 1.12 bits per heavy atom. The number of amides is 1. The Balaban J connectivity index is 1.77. The van der Waals surface area contributed by atoms with Crippen LogP contribution in [-0.4, -0.2) is 43.1 Å². The van der Waals surface area contributed by atoms with Crippen molar-refractivity contribution >= 4 is 39.4 Å². The first-order valence-electron chi connectivity index (χ1n) is 9.76. The van der Waals surface area contributed by atoms with Gasteiger partial charge < -0.3 is 0 Å². The number of nitrogens with zero attached hydrogens (tertiary/aromatic N) is 4. The van der Waals surface area contributed by atoms with Crippen LogP contribution in [0.1, 0.15) is 22.4 Å². The number of para-hydroxylation sites is 2. The summed E-state index contributed by atoms with van der Waals surface area (Å²) in [6, 6.07) is 14.9. The van der Waals surface area contributed by atoms with Gasteiger partial charge in [0.1, 0.15) is 6.54 Å². The highest BCUT2D eigenvalue weighted by atomic mass is 35.5. The largest absolute Gasteiger partial charge is 0.271 e. The van der Waals surface area contributed by atoms with E-state index < -0.39 is 22.5 Å². The molecule has 0 aliphatic heterocycles. The van der Waals surface area contributed by atoms with Gasteiger partial charge in [0.05, 0.1) is 35.1 Å². The number of carbonyl (C=O) groups is 1. The molecule has 0 atom stereocenters. The molecule has 1 heterocycles. The third-order valence-electron chi connectivity index (χ3n) is 4.88. The van der Waals surface area contributed by atoms with Crippen LogP contribution in [0.15, 0.2) is 53.6 Å². The molecule has 1 N–H and O–H groups in total. The Morgan fingerprint density at radius 2 is 1.75 bits per heavy atom. The van der Waals surface area contributed by atoms with Crippen LogP contribution in [0.5, 0.6) is 0 Å². The van der Waals surface area contributed by atoms with Crippen LogP contribution < -0.4 is 9.73 Å². The Morgan fingerprint density at radius 3 is 2.34 bits per heavy atom. The fraction of sp³-hybridized carbons (Fsp3) is 0.227. The molecular formula is C22H24ClN5O3S. The van der Waals surface area contributed by atoms with Crippen LogP contribution in [0.2, 0.25) is 5.15 Å². The molecule has 0 bridgehead atoms. The van der Waals surface area contributed by atoms with Crippen molar-refractivity contribution in [3.8, 4) is 5.69 Å². The minimum atomic E-state index is -3.69. The summed E-state index contributed by atoms with van der Waals surface area (Å²) in [5, 5.41) is 8.50. The Kier molecular flexibility index (Phi) is 7.00. The molecule has 10 heteroatoms. The number of carbonyl (C=O) groups excluding carboxylic acids is 1. The van der Waals surface area contributed by atoms with Gasteiger partial charge in [-0.15, -0.1) is 0 Å². The van der Waals surface area contributed by atoms with Crippen LogP contribution >= 0.6 is 11.6 Å². The van der Waals surface area contributed by atoms with E-state index in [9.17, 15) is 13.2 Å². The monoisotopic (exact) mass is 473 g/mol. The number of hydrogen-bond acceptors (Lipinski definition) is 5. The van der Waals surface area contributed by atoms with Crippen molar-refractivity contribution in [2.75, 3.05) is 17.1 Å². The molecule has 0 saturated carbocycles. The van der Waals surface area contributed by atoms with Crippen molar-refractivity contribution in [2.24, 2.45) is 5.10 Å². The lowest BCUT2D eigenvalue weighted by molar-refractivity contribution is -0.119. The molecule has 0 aliphatic carbocycles. The molecule has 1 aromatic heterocycles. The molecule has 0 spiro atoms. The van der Waals surface area contributed by atoms with E-state index in [-0.39, 0.29) is 5.15 Å². The number of aromatic nitrogens is 2. The fourth-order valence-corrected chi connectivity index (χ4v) is 4.58. The summed E-state index contributed by atoms with van der Waals surface area (Å²) >= 11 is 6.25. The van der Waals surface area contributed by atoms with E-state index in [1.807, 2.05) is 43.3 Å². The number of aryl methyl sites for hydroxylation is 2. The van der Waals surface area contributed by atoms with Gasteiger partial charge in [0, 0.05) is 0 Å². The van der Waals surface area contributed by atoms with E-state index in [1.165, 1.54) is 6.21 Å². The summed E-state index contributed by atoms with van der Waals surface area (Å²) in [5.41, 5.74) is 6.49. The van der Waals surface area contributed by atoms with Crippen molar-refractivity contribution in [3.05, 3.63) is 76.1 Å². The smallest absolute Gasteiger partial charge is 0.260 e. The Hall–Kier alpha value is -3.17. The molecule has 2 aromatic carbocycles. The van der Waals surface area contributed by atoms with E-state index in [4.69, 9.17) is 11.6 Å². The van der Waals surface area contributed by atoms with Gasteiger partial charge in [-0.2, -0.15) is 10.2 Å². The molecule has 168 valence electrons. The van der Waals surface area contributed by atoms with Crippen LogP contribution in [0, 0.1) is 20.8 Å². The molecule has 0 fully saturated rings. The number of hydrogen-bond donors (Lipinski definition) is 1. The number of rotatable bonds is 7. The average Bonchev–Trinajstić information content (AvgIpc) is 3.01. The van der Waals surface area contributed by atoms with Crippen molar-refractivity contribution < 1.29 is 13.2 Å². The lowest BCUT2D eigenvalue weighted by atomic mass is 10.1. The van der Waals surface area contributed by atoms with Crippen molar-refractivity contribution in [3.63, 3.8) is 0 Å². The summed E-state index contributed by atoms with van der Waals surface area (Å²) in [6.07, 6.45) is 2.46. The molecule has 3 rings (SSSR count). The summed E-state index contributed by atoms with van der Waals surface area (Å²) < 4.78 is 27.5. The zero-order valence-electron chi connectivity index (χ0n) is 18.2. The van der Waals surface area contributed by atoms with Gasteiger partial charge in [0.15, 0.2) is 5.15 Å². The maximum Gasteiger partial charge on any atom is 0.260 e. The molecule has 8 nitrogen and oxygen atoms in total. The zero-order chi connectivity index (χ0) is 23.5. The van der Waals surface area contributed by atoms with Gasteiger partial charge in [-0.1, -0.05) is 48.0 Å². The van der Waals surface area contributed by atoms with Gasteiger partial charge in [-0.3, -0.25) is 9.10 Å². The molecule has 0 radical (unpaired) electrons. The topological polar surface area (TPSA) is 96.7 Å². The number of nitrogens with one attached hydrogen (secondary N) is 1. The molecular weight excluding hydrogens is 450 g/mol. The lowest BCUT2D eigenvalue weighted by Gasteiger charge is -2.25. The average molecular weight is 474 g/mol. The number of anilines is 1. The van der Waals surface area contributed by atoms with E-state index >= 15 is 0 Å². The van der Waals surface area contributed by atoms with Crippen molar-refractivity contribution in [1.82, 2.24) is 15.2 Å². The van der Waals surface area contributed by atoms with Crippen molar-refractivity contribution in [1.29, 1.82) is 0 Å². The first-order valence-corrected chi connectivity index (χ1v) is 12.0. The SMILES string of the molecule is Cc1cccc(C)c1N(CC(=O)N/N=C\c1c(Cl)nn(-c2ccccc2)c1C)S(C)(=O)=O. The second-order valence-electron chi connectivity index (χ2n) is 7.34. The predicted octanol–water partition coefficient (Wildman–Crippen LogP) is 3.37. The summed E-state index contributed by atoms with van der Waals surface area (Å²) in [5.74, 6) is -0.585. The van der Waals surface area contributed by atoms with Gasteiger partial charge in [0.2, 0.25) is 10.0 Å². The van der Waals surface area contributed by atoms with E-state index in [2.05, 4.69) is 15.6 Å². The summed E-state index contributed by atoms with van der Waals surface area (Å²) in [6.45, 7) is 5.02. The van der Waals surface area contributed by atoms with Gasteiger partial charge in [-0.25, -0.2) is 18.5 Å². The predicted molar refractivity (Wildman–Crippen MR) is 127 cm³/mol. The number of hydrazone groups is 1. The van der Waals surface area contributed by atoms with E-state index in [0.29, 0.717) is 11.3 Å². The third-order valence-corrected chi connectivity index (χ3v) is 6.27. The second kappa shape index (κ2) is 9.54. The second-order valence-corrected chi connectivity index (χ2v) is 9.61. The number of sulfonamides is 1. The van der Waals surface area contributed by atoms with Crippen LogP contribution in [0.4, 0.5) is 5.69 Å². The zero-order valence-corrected chi connectivity index (χ0v) is 19.8. The highest BCUT2D eigenvalue weighted by Crippen LogP contribution is 2.26. The molecule has 0 saturated heterocycles. The minimum absolute atomic E-state index is 0.234. The standard InChI is InChI=1S/C22H24ClN5O3S/c1-15-9-8-10-16(2)21(15)27(32(4,30)31)14-20(29)25-24-13-19-17(3)28(26-22(19)23)18-11-6-5-7-12-18/h5-13H,14H2,1-4H3,(H,25,29)/b24-13-. The number of halogens is 1. The summed E-state index contributed by atoms with van der Waals surface area (Å²) in [7, 11) is -3.69. The van der Waals surface area contributed by atoms with E-state index in [1.54, 1.807) is 30.7 Å². The highest BCUT2D eigenvalue weighted by Gasteiger charge is 2.23. The molecule has 1 amide bonds. The van der Waals surface area contributed by atoms with Gasteiger partial charge in [0.25, 0.3) is 5.91 Å². The molecule has 0 unspecified atom stereocenters. The quantitative estimate of drug-likeness (QED) is 0.420. The number of benzene rings is 2. The molecule has 32 heavy (non-hydrogen) atoms.